The number of benzene rings is 2. The molecule has 6 nitrogen and oxygen atoms in total. The second-order valence-electron chi connectivity index (χ2n) is 11.1. The van der Waals surface area contributed by atoms with E-state index in [4.69, 9.17) is 9.53 Å². The van der Waals surface area contributed by atoms with Crippen molar-refractivity contribution >= 4 is 12.3 Å². The Morgan fingerprint density at radius 3 is 2.05 bits per heavy atom. The predicted molar refractivity (Wildman–Crippen MR) is 144 cm³/mol. The number of likely N-dealkylation sites (tertiary alicyclic amines) is 2. The largest absolute Gasteiger partial charge is 0.490 e. The molecule has 2 heterocycles. The van der Waals surface area contributed by atoms with Crippen LogP contribution in [-0.2, 0) is 4.79 Å². The highest BCUT2D eigenvalue weighted by Crippen LogP contribution is 2.53. The lowest BCUT2D eigenvalue weighted by Crippen LogP contribution is -2.53. The number of carbonyl (C=O) groups is 2. The second kappa shape index (κ2) is 13.2. The quantitative estimate of drug-likeness (QED) is 0.332. The maximum absolute atomic E-state index is 14.8. The summed E-state index contributed by atoms with van der Waals surface area (Å²) in [7, 11) is 0. The number of rotatable bonds is 7. The van der Waals surface area contributed by atoms with Crippen LogP contribution in [-0.4, -0.2) is 67.6 Å². The van der Waals surface area contributed by atoms with Crippen LogP contribution >= 0.6 is 0 Å². The molecule has 0 aromatic heterocycles. The first-order chi connectivity index (χ1) is 19.6. The van der Waals surface area contributed by atoms with E-state index >= 15 is 0 Å². The molecule has 0 atom stereocenters. The van der Waals surface area contributed by atoms with Crippen LogP contribution in [0.15, 0.2) is 36.4 Å². The molecule has 2 aromatic rings. The number of amides is 2. The van der Waals surface area contributed by atoms with E-state index in [2.05, 4.69) is 5.73 Å². The summed E-state index contributed by atoms with van der Waals surface area (Å²) in [5.74, 6) is -1.30. The van der Waals surface area contributed by atoms with Crippen LogP contribution in [0.1, 0.15) is 55.3 Å². The normalized spacial score (nSPS) is 19.2. The van der Waals surface area contributed by atoms with E-state index in [1.165, 1.54) is 24.3 Å². The van der Waals surface area contributed by atoms with Gasteiger partial charge in [-0.05, 0) is 92.9 Å². The van der Waals surface area contributed by atoms with Crippen LogP contribution < -0.4 is 10.5 Å². The summed E-state index contributed by atoms with van der Waals surface area (Å²) in [6.07, 6.45) is 0.387. The Balaban J connectivity index is 0.00000124. The minimum absolute atomic E-state index is 0.0170. The third-order valence-electron chi connectivity index (χ3n) is 8.48. The van der Waals surface area contributed by atoms with E-state index in [1.54, 1.807) is 17.0 Å². The van der Waals surface area contributed by atoms with Gasteiger partial charge in [0.2, 0.25) is 6.41 Å². The van der Waals surface area contributed by atoms with Crippen molar-refractivity contribution in [3.8, 4) is 16.9 Å². The van der Waals surface area contributed by atoms with Crippen molar-refractivity contribution in [1.29, 1.82) is 0 Å². The molecular weight excluding hydrogens is 545 g/mol. The van der Waals surface area contributed by atoms with Gasteiger partial charge in [0, 0.05) is 19.6 Å². The van der Waals surface area contributed by atoms with Gasteiger partial charge < -0.3 is 20.3 Å². The molecular formula is C30H36F5N3O3. The molecule has 11 heteroatoms. The Morgan fingerprint density at radius 2 is 1.54 bits per heavy atom. The maximum atomic E-state index is 14.8. The van der Waals surface area contributed by atoms with Crippen LogP contribution in [0.5, 0.6) is 5.75 Å². The van der Waals surface area contributed by atoms with Gasteiger partial charge in [-0.25, -0.2) is 8.78 Å². The van der Waals surface area contributed by atoms with E-state index in [0.717, 1.165) is 12.8 Å². The molecule has 2 saturated heterocycles. The molecule has 3 fully saturated rings. The van der Waals surface area contributed by atoms with Crippen LogP contribution in [0.25, 0.3) is 11.1 Å². The standard InChI is InChI=1S/C29H33F5N2O2.CH3NO/c30-24-16-21(4-6-23(24)27(37)36-12-1-2-13-36)22-5-7-26(25(31)17-22)38-18-20-8-14-35(15-9-20)19-28(10-3-11-28)29(32,33)34;2-1-3/h4-7,16-17,20H,1-3,8-15,18-19H2;1H,(H2,2,3). The summed E-state index contributed by atoms with van der Waals surface area (Å²) in [4.78, 5) is 24.6. The monoisotopic (exact) mass is 581 g/mol. The van der Waals surface area contributed by atoms with Gasteiger partial charge >= 0.3 is 6.18 Å². The highest BCUT2D eigenvalue weighted by atomic mass is 19.4. The number of piperidine rings is 1. The molecule has 5 rings (SSSR count). The Bertz CT molecular complexity index is 1200. The van der Waals surface area contributed by atoms with Crippen LogP contribution in [0.2, 0.25) is 0 Å². The van der Waals surface area contributed by atoms with Gasteiger partial charge in [0.05, 0.1) is 17.6 Å². The minimum Gasteiger partial charge on any atom is -0.490 e. The molecule has 2 aliphatic heterocycles. The van der Waals surface area contributed by atoms with E-state index in [0.29, 0.717) is 56.6 Å². The minimum atomic E-state index is -4.16. The summed E-state index contributed by atoms with van der Waals surface area (Å²) in [6, 6.07) is 8.74. The van der Waals surface area contributed by atoms with Gasteiger partial charge in [0.15, 0.2) is 11.6 Å². The first-order valence-corrected chi connectivity index (χ1v) is 14.0. The molecule has 0 unspecified atom stereocenters. The van der Waals surface area contributed by atoms with Crippen molar-refractivity contribution in [3.05, 3.63) is 53.6 Å². The summed E-state index contributed by atoms with van der Waals surface area (Å²) in [6.45, 7) is 2.77. The lowest BCUT2D eigenvalue weighted by atomic mass is 9.67. The van der Waals surface area contributed by atoms with Crippen molar-refractivity contribution < 1.29 is 36.3 Å². The smallest absolute Gasteiger partial charge is 0.395 e. The fourth-order valence-electron chi connectivity index (χ4n) is 5.84. The van der Waals surface area contributed by atoms with Gasteiger partial charge in [-0.3, -0.25) is 9.59 Å². The Kier molecular flexibility index (Phi) is 9.88. The first kappa shape index (κ1) is 30.7. The molecule has 2 amide bonds. The average Bonchev–Trinajstić information content (AvgIpc) is 3.45. The lowest BCUT2D eigenvalue weighted by molar-refractivity contribution is -0.256. The molecule has 224 valence electrons. The summed E-state index contributed by atoms with van der Waals surface area (Å²) in [5, 5.41) is 0. The number of nitrogens with two attached hydrogens (primary N) is 1. The van der Waals surface area contributed by atoms with Crippen LogP contribution in [0.3, 0.4) is 0 Å². The highest BCUT2D eigenvalue weighted by molar-refractivity contribution is 5.95. The van der Waals surface area contributed by atoms with Crippen LogP contribution in [0.4, 0.5) is 22.0 Å². The van der Waals surface area contributed by atoms with Crippen LogP contribution in [0, 0.1) is 23.0 Å². The fourth-order valence-corrected chi connectivity index (χ4v) is 5.84. The van der Waals surface area contributed by atoms with E-state index in [-0.39, 0.29) is 55.5 Å². The Hall–Kier alpha value is -3.21. The molecule has 3 aliphatic rings. The van der Waals surface area contributed by atoms with Gasteiger partial charge in [-0.1, -0.05) is 18.6 Å². The zero-order valence-electron chi connectivity index (χ0n) is 22.9. The molecule has 1 saturated carbocycles. The summed E-state index contributed by atoms with van der Waals surface area (Å²) >= 11 is 0. The van der Waals surface area contributed by atoms with Gasteiger partial charge in [-0.2, -0.15) is 13.2 Å². The number of alkyl halides is 3. The Morgan fingerprint density at radius 1 is 0.951 bits per heavy atom. The molecule has 2 aromatic carbocycles. The molecule has 2 N–H and O–H groups in total. The number of ether oxygens (including phenoxy) is 1. The van der Waals surface area contributed by atoms with Crippen molar-refractivity contribution in [2.24, 2.45) is 17.1 Å². The molecule has 1 aliphatic carbocycles. The highest BCUT2D eigenvalue weighted by Gasteiger charge is 2.58. The topological polar surface area (TPSA) is 75.9 Å². The summed E-state index contributed by atoms with van der Waals surface area (Å²) in [5.41, 5.74) is 3.56. The molecule has 0 spiro atoms. The van der Waals surface area contributed by atoms with Crippen molar-refractivity contribution in [1.82, 2.24) is 9.80 Å². The predicted octanol–water partition coefficient (Wildman–Crippen LogP) is 5.79. The summed E-state index contributed by atoms with van der Waals surface area (Å²) < 4.78 is 75.7. The number of carbonyl (C=O) groups excluding carboxylic acids is 2. The molecule has 0 bridgehead atoms. The number of hydrogen-bond acceptors (Lipinski definition) is 4. The third kappa shape index (κ3) is 7.17. The molecule has 41 heavy (non-hydrogen) atoms. The zero-order valence-corrected chi connectivity index (χ0v) is 22.9. The first-order valence-electron chi connectivity index (χ1n) is 14.0. The van der Waals surface area contributed by atoms with Gasteiger partial charge in [-0.15, -0.1) is 0 Å². The third-order valence-corrected chi connectivity index (χ3v) is 8.48. The maximum Gasteiger partial charge on any atom is 0.395 e. The average molecular weight is 582 g/mol. The second-order valence-corrected chi connectivity index (χ2v) is 11.1. The van der Waals surface area contributed by atoms with Crippen molar-refractivity contribution in [3.63, 3.8) is 0 Å². The van der Waals surface area contributed by atoms with E-state index < -0.39 is 23.2 Å². The number of nitrogens with zero attached hydrogens (tertiary/aromatic N) is 2. The van der Waals surface area contributed by atoms with Crippen molar-refractivity contribution in [2.75, 3.05) is 39.3 Å². The zero-order chi connectivity index (χ0) is 29.6. The van der Waals surface area contributed by atoms with E-state index in [9.17, 15) is 26.7 Å². The molecule has 0 radical (unpaired) electrons. The Labute approximate surface area is 236 Å². The van der Waals surface area contributed by atoms with Crippen molar-refractivity contribution in [2.45, 2.75) is 51.1 Å². The number of primary amides is 1. The fraction of sp³-hybridized carbons (Fsp3) is 0.533. The van der Waals surface area contributed by atoms with Gasteiger partial charge in [0.25, 0.3) is 5.91 Å². The number of halogens is 5. The van der Waals surface area contributed by atoms with E-state index in [1.807, 2.05) is 4.90 Å². The lowest BCUT2D eigenvalue weighted by Gasteiger charge is -2.47. The van der Waals surface area contributed by atoms with Gasteiger partial charge in [0.1, 0.15) is 5.82 Å². The SMILES string of the molecule is NC=O.O=C(c1ccc(-c2ccc(OCC3CCN(CC4(C(F)(F)F)CCC4)CC3)c(F)c2)cc1F)N1CCCC1. The number of hydrogen-bond donors (Lipinski definition) is 1.